The molecule has 4 rings (SSSR count). The summed E-state index contributed by atoms with van der Waals surface area (Å²) < 4.78 is 24.0. The Morgan fingerprint density at radius 1 is 1.00 bits per heavy atom. The zero-order valence-electron chi connectivity index (χ0n) is 21.6. The molecule has 2 aliphatic carbocycles. The van der Waals surface area contributed by atoms with Gasteiger partial charge in [-0.05, 0) is 52.0 Å². The molecule has 12 heteroatoms. The minimum atomic E-state index is -1.27. The number of nitrogens with two attached hydrogens (primary N) is 2. The van der Waals surface area contributed by atoms with E-state index in [1.54, 1.807) is 14.0 Å². The standard InChI is InChI=1S/C24H46N4O8/c1-12-8-15(26)19(16(29)18(12)35-22-17(30)20(27-3)23(2,31)11-33-22)36-21-14(25)5-4-13(34-21)9-28-10-24(32)6-7-24/h12-22,27-32H,4-11,25-26H2,1-3H3/t12-,13+,14?,15+,16?,17?,18?,19?,20-,21-,22-,23?/m1/s1. The van der Waals surface area contributed by atoms with E-state index < -0.39 is 60.3 Å². The van der Waals surface area contributed by atoms with Crippen molar-refractivity contribution >= 4 is 0 Å². The fourth-order valence-electron chi connectivity index (χ4n) is 5.69. The summed E-state index contributed by atoms with van der Waals surface area (Å²) in [5.74, 6) is -0.132. The van der Waals surface area contributed by atoms with Crippen LogP contribution in [0.25, 0.3) is 0 Å². The number of nitrogens with one attached hydrogen (secondary N) is 2. The number of ether oxygens (including phenoxy) is 4. The van der Waals surface area contributed by atoms with Crippen molar-refractivity contribution in [3.8, 4) is 0 Å². The maximum Gasteiger partial charge on any atom is 0.185 e. The zero-order chi connectivity index (χ0) is 26.3. The third kappa shape index (κ3) is 6.38. The van der Waals surface area contributed by atoms with E-state index in [0.717, 1.165) is 19.3 Å². The van der Waals surface area contributed by atoms with Crippen molar-refractivity contribution in [2.24, 2.45) is 17.4 Å². The van der Waals surface area contributed by atoms with Crippen LogP contribution in [-0.4, -0.2) is 120 Å². The number of hydrogen-bond acceptors (Lipinski definition) is 12. The molecule has 12 atom stereocenters. The highest BCUT2D eigenvalue weighted by atomic mass is 16.7. The number of aliphatic hydroxyl groups is 4. The average molecular weight is 519 g/mol. The van der Waals surface area contributed by atoms with Crippen LogP contribution in [0.4, 0.5) is 0 Å². The third-order valence-corrected chi connectivity index (χ3v) is 8.18. The number of aliphatic hydroxyl groups excluding tert-OH is 2. The van der Waals surface area contributed by atoms with Crippen LogP contribution in [-0.2, 0) is 18.9 Å². The molecule has 2 heterocycles. The zero-order valence-corrected chi connectivity index (χ0v) is 21.6. The second-order valence-electron chi connectivity index (χ2n) is 11.6. The van der Waals surface area contributed by atoms with Gasteiger partial charge in [0.2, 0.25) is 0 Å². The SMILES string of the molecule is CN[C@@H]1C(O)[C@@H](OC2C(O)C(O[C@H]3O[C@H](CNCC4(O)CC4)CCC3N)[C@@H](N)C[C@H]2C)OCC1(C)O. The van der Waals surface area contributed by atoms with Gasteiger partial charge in [-0.2, -0.15) is 0 Å². The van der Waals surface area contributed by atoms with Gasteiger partial charge in [0.15, 0.2) is 12.6 Å². The molecule has 2 aliphatic heterocycles. The highest BCUT2D eigenvalue weighted by Crippen LogP contribution is 2.35. The predicted molar refractivity (Wildman–Crippen MR) is 130 cm³/mol. The fraction of sp³-hybridized carbons (Fsp3) is 1.00. The van der Waals surface area contributed by atoms with Crippen molar-refractivity contribution in [2.75, 3.05) is 26.7 Å². The quantitative estimate of drug-likeness (QED) is 0.160. The first-order valence-electron chi connectivity index (χ1n) is 13.2. The van der Waals surface area contributed by atoms with E-state index in [9.17, 15) is 20.4 Å². The van der Waals surface area contributed by atoms with Crippen LogP contribution in [0.15, 0.2) is 0 Å². The minimum Gasteiger partial charge on any atom is -0.389 e. The van der Waals surface area contributed by atoms with Gasteiger partial charge < -0.3 is 61.5 Å². The van der Waals surface area contributed by atoms with Crippen LogP contribution < -0.4 is 22.1 Å². The highest BCUT2D eigenvalue weighted by molar-refractivity contribution is 5.00. The molecule has 10 N–H and O–H groups in total. The fourth-order valence-corrected chi connectivity index (χ4v) is 5.69. The van der Waals surface area contributed by atoms with Gasteiger partial charge in [0, 0.05) is 19.1 Å². The van der Waals surface area contributed by atoms with Crippen molar-refractivity contribution in [1.29, 1.82) is 0 Å². The molecule has 0 amide bonds. The van der Waals surface area contributed by atoms with E-state index in [4.69, 9.17) is 30.4 Å². The molecule has 2 saturated heterocycles. The second kappa shape index (κ2) is 11.3. The molecule has 0 radical (unpaired) electrons. The minimum absolute atomic E-state index is 0.0333. The van der Waals surface area contributed by atoms with Crippen LogP contribution >= 0.6 is 0 Å². The molecule has 0 aromatic heterocycles. The van der Waals surface area contributed by atoms with Crippen molar-refractivity contribution < 1.29 is 39.4 Å². The Labute approximate surface area is 213 Å². The molecular formula is C24H46N4O8. The summed E-state index contributed by atoms with van der Waals surface area (Å²) in [6.07, 6.45) is -2.04. The van der Waals surface area contributed by atoms with Gasteiger partial charge in [-0.15, -0.1) is 0 Å². The molecular weight excluding hydrogens is 472 g/mol. The molecule has 210 valence electrons. The average Bonchev–Trinajstić information content (AvgIpc) is 3.54. The molecule has 6 unspecified atom stereocenters. The van der Waals surface area contributed by atoms with Crippen molar-refractivity contribution in [1.82, 2.24) is 10.6 Å². The monoisotopic (exact) mass is 518 g/mol. The molecule has 0 bridgehead atoms. The smallest absolute Gasteiger partial charge is 0.185 e. The van der Waals surface area contributed by atoms with E-state index in [0.29, 0.717) is 25.9 Å². The summed E-state index contributed by atoms with van der Waals surface area (Å²) in [4.78, 5) is 0. The number of rotatable bonds is 9. The second-order valence-corrected chi connectivity index (χ2v) is 11.6. The Kier molecular flexibility index (Phi) is 8.97. The van der Waals surface area contributed by atoms with Crippen LogP contribution in [0.1, 0.15) is 46.0 Å². The lowest BCUT2D eigenvalue weighted by molar-refractivity contribution is -0.311. The predicted octanol–water partition coefficient (Wildman–Crippen LogP) is -2.51. The van der Waals surface area contributed by atoms with Crippen molar-refractivity contribution in [3.63, 3.8) is 0 Å². The van der Waals surface area contributed by atoms with E-state index in [2.05, 4.69) is 10.6 Å². The summed E-state index contributed by atoms with van der Waals surface area (Å²) in [5.41, 5.74) is 10.8. The Morgan fingerprint density at radius 3 is 2.36 bits per heavy atom. The molecule has 12 nitrogen and oxygen atoms in total. The van der Waals surface area contributed by atoms with Crippen LogP contribution in [0.3, 0.4) is 0 Å². The third-order valence-electron chi connectivity index (χ3n) is 8.18. The first-order valence-corrected chi connectivity index (χ1v) is 13.2. The van der Waals surface area contributed by atoms with Gasteiger partial charge in [-0.1, -0.05) is 6.92 Å². The van der Waals surface area contributed by atoms with Gasteiger partial charge >= 0.3 is 0 Å². The van der Waals surface area contributed by atoms with Crippen LogP contribution in [0, 0.1) is 5.92 Å². The molecule has 2 saturated carbocycles. The largest absolute Gasteiger partial charge is 0.389 e. The molecule has 4 aliphatic rings. The van der Waals surface area contributed by atoms with E-state index in [1.807, 2.05) is 6.92 Å². The maximum absolute atomic E-state index is 11.3. The van der Waals surface area contributed by atoms with Crippen LogP contribution in [0.5, 0.6) is 0 Å². The van der Waals surface area contributed by atoms with Crippen molar-refractivity contribution in [3.05, 3.63) is 0 Å². The molecule has 36 heavy (non-hydrogen) atoms. The first kappa shape index (κ1) is 28.5. The number of hydrogen-bond donors (Lipinski definition) is 8. The molecule has 4 fully saturated rings. The van der Waals surface area contributed by atoms with Gasteiger partial charge in [-0.3, -0.25) is 0 Å². The van der Waals surface area contributed by atoms with Gasteiger partial charge in [0.05, 0.1) is 36.5 Å². The summed E-state index contributed by atoms with van der Waals surface area (Å²) in [7, 11) is 1.65. The Balaban J connectivity index is 1.35. The lowest BCUT2D eigenvalue weighted by atomic mass is 9.80. The molecule has 0 spiro atoms. The van der Waals surface area contributed by atoms with E-state index in [-0.39, 0.29) is 24.7 Å². The Bertz CT molecular complexity index is 728. The highest BCUT2D eigenvalue weighted by Gasteiger charge is 2.50. The first-order chi connectivity index (χ1) is 16.9. The van der Waals surface area contributed by atoms with Crippen molar-refractivity contribution in [2.45, 2.75) is 118 Å². The Hall–Kier alpha value is -0.480. The molecule has 0 aromatic carbocycles. The topological polar surface area (TPSA) is 194 Å². The van der Waals surface area contributed by atoms with E-state index in [1.165, 1.54) is 0 Å². The van der Waals surface area contributed by atoms with Gasteiger partial charge in [0.25, 0.3) is 0 Å². The Morgan fingerprint density at radius 2 is 1.69 bits per heavy atom. The maximum atomic E-state index is 11.3. The number of likely N-dealkylation sites (N-methyl/N-ethyl adjacent to an activating group) is 1. The lowest BCUT2D eigenvalue weighted by Gasteiger charge is -2.48. The van der Waals surface area contributed by atoms with Gasteiger partial charge in [0.1, 0.15) is 23.9 Å². The summed E-state index contributed by atoms with van der Waals surface area (Å²) >= 11 is 0. The normalized spacial score (nSPS) is 49.1. The van der Waals surface area contributed by atoms with E-state index >= 15 is 0 Å². The summed E-state index contributed by atoms with van der Waals surface area (Å²) in [6.45, 7) is 4.58. The summed E-state index contributed by atoms with van der Waals surface area (Å²) in [5, 5.41) is 48.7. The van der Waals surface area contributed by atoms with Crippen LogP contribution in [0.2, 0.25) is 0 Å². The lowest BCUT2D eigenvalue weighted by Crippen LogP contribution is -2.67. The van der Waals surface area contributed by atoms with Gasteiger partial charge in [-0.25, -0.2) is 0 Å². The molecule has 0 aromatic rings. The summed E-state index contributed by atoms with van der Waals surface area (Å²) in [6, 6.07) is -1.49.